The molecular formula is C26H31ClN4O3. The lowest BCUT2D eigenvalue weighted by atomic mass is 10.0. The summed E-state index contributed by atoms with van der Waals surface area (Å²) in [6.45, 7) is 6.22. The largest absolute Gasteiger partial charge is 0.494 e. The molecule has 1 amide bonds. The zero-order valence-electron chi connectivity index (χ0n) is 20.0. The van der Waals surface area contributed by atoms with Crippen LogP contribution in [0.2, 0.25) is 5.02 Å². The highest BCUT2D eigenvalue weighted by atomic mass is 35.5. The lowest BCUT2D eigenvalue weighted by molar-refractivity contribution is 0.0676. The highest BCUT2D eigenvalue weighted by Gasteiger charge is 2.28. The second kappa shape index (κ2) is 11.0. The Balaban J connectivity index is 1.73. The first-order chi connectivity index (χ1) is 16.5. The quantitative estimate of drug-likeness (QED) is 0.457. The summed E-state index contributed by atoms with van der Waals surface area (Å²) in [5.41, 5.74) is 4.76. The number of hydrogen-bond donors (Lipinski definition) is 0. The molecule has 34 heavy (non-hydrogen) atoms. The van der Waals surface area contributed by atoms with Crippen molar-refractivity contribution in [1.82, 2.24) is 19.6 Å². The molecule has 0 spiro atoms. The lowest BCUT2D eigenvalue weighted by Crippen LogP contribution is -2.35. The summed E-state index contributed by atoms with van der Waals surface area (Å²) in [6.07, 6.45) is 0.886. The Hall–Kier alpha value is -2.87. The van der Waals surface area contributed by atoms with E-state index in [-0.39, 0.29) is 5.91 Å². The van der Waals surface area contributed by atoms with E-state index in [1.165, 1.54) is 11.3 Å². The fourth-order valence-electron chi connectivity index (χ4n) is 4.35. The first-order valence-corrected chi connectivity index (χ1v) is 11.9. The summed E-state index contributed by atoms with van der Waals surface area (Å²) >= 11 is 6.03. The second-order valence-corrected chi connectivity index (χ2v) is 8.74. The summed E-state index contributed by atoms with van der Waals surface area (Å²) < 4.78 is 12.9. The van der Waals surface area contributed by atoms with Crippen molar-refractivity contribution in [3.8, 4) is 11.4 Å². The van der Waals surface area contributed by atoms with Crippen molar-refractivity contribution >= 4 is 17.5 Å². The number of likely N-dealkylation sites (N-methyl/N-ethyl adjacent to an activating group) is 1. The van der Waals surface area contributed by atoms with E-state index in [1.54, 1.807) is 43.4 Å². The van der Waals surface area contributed by atoms with Crippen LogP contribution in [0.3, 0.4) is 0 Å². The number of hydrogen-bond acceptors (Lipinski definition) is 5. The lowest BCUT2D eigenvalue weighted by Gasteiger charge is -2.27. The topological polar surface area (TPSA) is 59.8 Å². The summed E-state index contributed by atoms with van der Waals surface area (Å²) in [4.78, 5) is 17.6. The highest BCUT2D eigenvalue weighted by Crippen LogP contribution is 2.30. The van der Waals surface area contributed by atoms with E-state index in [1.807, 2.05) is 28.9 Å². The van der Waals surface area contributed by atoms with Crippen molar-refractivity contribution in [3.63, 3.8) is 0 Å². The van der Waals surface area contributed by atoms with E-state index >= 15 is 0 Å². The zero-order valence-corrected chi connectivity index (χ0v) is 20.7. The maximum Gasteiger partial charge on any atom is 0.254 e. The van der Waals surface area contributed by atoms with E-state index in [2.05, 4.69) is 11.8 Å². The Kier molecular flexibility index (Phi) is 7.88. The number of nitrogens with zero attached hydrogens (tertiary/aromatic N) is 4. The summed E-state index contributed by atoms with van der Waals surface area (Å²) in [6, 6.07) is 14.9. The molecule has 1 aliphatic heterocycles. The highest BCUT2D eigenvalue weighted by molar-refractivity contribution is 6.30. The molecule has 4 rings (SSSR count). The Morgan fingerprint density at radius 1 is 1.15 bits per heavy atom. The van der Waals surface area contributed by atoms with Crippen LogP contribution in [0.15, 0.2) is 48.5 Å². The second-order valence-electron chi connectivity index (χ2n) is 8.30. The molecule has 180 valence electrons. The van der Waals surface area contributed by atoms with Gasteiger partial charge in [0.15, 0.2) is 0 Å². The van der Waals surface area contributed by atoms with Crippen LogP contribution in [0, 0.1) is 0 Å². The monoisotopic (exact) mass is 482 g/mol. The smallest absolute Gasteiger partial charge is 0.254 e. The van der Waals surface area contributed by atoms with Crippen LogP contribution in [0.1, 0.15) is 34.2 Å². The minimum absolute atomic E-state index is 0.0718. The third-order valence-electron chi connectivity index (χ3n) is 6.26. The number of halogens is 1. The third kappa shape index (κ3) is 5.12. The Bertz CT molecular complexity index is 1130. The number of para-hydroxylation sites is 2. The van der Waals surface area contributed by atoms with E-state index in [4.69, 9.17) is 26.2 Å². The molecule has 1 aromatic heterocycles. The first kappa shape index (κ1) is 24.3. The van der Waals surface area contributed by atoms with Crippen molar-refractivity contribution in [2.75, 3.05) is 40.5 Å². The molecule has 0 saturated heterocycles. The minimum Gasteiger partial charge on any atom is -0.494 e. The molecule has 0 bridgehead atoms. The third-order valence-corrected chi connectivity index (χ3v) is 6.52. The number of rotatable bonds is 9. The Morgan fingerprint density at radius 3 is 2.62 bits per heavy atom. The number of amides is 1. The molecule has 0 saturated carbocycles. The molecule has 0 atom stereocenters. The zero-order chi connectivity index (χ0) is 24.1. The average molecular weight is 483 g/mol. The Labute approximate surface area is 205 Å². The molecule has 3 aromatic rings. The number of aromatic nitrogens is 2. The first-order valence-electron chi connectivity index (χ1n) is 11.5. The van der Waals surface area contributed by atoms with Gasteiger partial charge in [0, 0.05) is 49.3 Å². The van der Waals surface area contributed by atoms with Gasteiger partial charge in [-0.05, 0) is 42.9 Å². The average Bonchev–Trinajstić information content (AvgIpc) is 3.23. The SMILES string of the molecule is CCN1CCc2c(c(CN(CCOC)C(=O)c3ccc(Cl)cc3)nn2-c2ccccc2OC)C1. The van der Waals surface area contributed by atoms with Crippen molar-refractivity contribution in [2.45, 2.75) is 26.4 Å². The molecule has 0 aliphatic carbocycles. The van der Waals surface area contributed by atoms with Crippen molar-refractivity contribution in [2.24, 2.45) is 0 Å². The maximum absolute atomic E-state index is 13.4. The number of methoxy groups -OCH3 is 2. The van der Waals surface area contributed by atoms with Crippen molar-refractivity contribution in [3.05, 3.63) is 76.1 Å². The van der Waals surface area contributed by atoms with Gasteiger partial charge in [-0.25, -0.2) is 4.68 Å². The van der Waals surface area contributed by atoms with Gasteiger partial charge >= 0.3 is 0 Å². The fraction of sp³-hybridized carbons (Fsp3) is 0.385. The molecule has 8 heteroatoms. The summed E-state index contributed by atoms with van der Waals surface area (Å²) in [5.74, 6) is 0.697. The van der Waals surface area contributed by atoms with Crippen molar-refractivity contribution in [1.29, 1.82) is 0 Å². The van der Waals surface area contributed by atoms with Crippen molar-refractivity contribution < 1.29 is 14.3 Å². The number of benzene rings is 2. The number of carbonyl (C=O) groups is 1. The molecule has 0 unspecified atom stereocenters. The normalized spacial score (nSPS) is 13.5. The molecular weight excluding hydrogens is 452 g/mol. The van der Waals surface area contributed by atoms with Gasteiger partial charge in [0.05, 0.1) is 31.6 Å². The maximum atomic E-state index is 13.4. The molecule has 0 fully saturated rings. The van der Waals surface area contributed by atoms with Crippen LogP contribution in [0.25, 0.3) is 5.69 Å². The van der Waals surface area contributed by atoms with Gasteiger partial charge in [-0.1, -0.05) is 30.7 Å². The van der Waals surface area contributed by atoms with Crippen LogP contribution in [-0.2, 0) is 24.2 Å². The van der Waals surface area contributed by atoms with Gasteiger partial charge in [0.2, 0.25) is 0 Å². The van der Waals surface area contributed by atoms with Gasteiger partial charge in [0.25, 0.3) is 5.91 Å². The van der Waals surface area contributed by atoms with E-state index < -0.39 is 0 Å². The molecule has 0 radical (unpaired) electrons. The molecule has 1 aliphatic rings. The molecule has 2 aromatic carbocycles. The van der Waals surface area contributed by atoms with Crippen LogP contribution in [0.5, 0.6) is 5.75 Å². The van der Waals surface area contributed by atoms with Gasteiger partial charge in [-0.3, -0.25) is 9.69 Å². The Morgan fingerprint density at radius 2 is 1.91 bits per heavy atom. The van der Waals surface area contributed by atoms with Gasteiger partial charge in [-0.15, -0.1) is 0 Å². The van der Waals surface area contributed by atoms with Crippen LogP contribution < -0.4 is 4.74 Å². The number of carbonyl (C=O) groups excluding carboxylic acids is 1. The van der Waals surface area contributed by atoms with E-state index in [0.717, 1.165) is 43.2 Å². The van der Waals surface area contributed by atoms with Crippen LogP contribution in [0.4, 0.5) is 0 Å². The standard InChI is InChI=1S/C26H31ClN4O3/c1-4-29-14-13-23-21(17-29)22(28-31(23)24-7-5-6-8-25(24)34-3)18-30(15-16-33-2)26(32)19-9-11-20(27)12-10-19/h5-12H,4,13-18H2,1-3H3. The van der Waals surface area contributed by atoms with E-state index in [0.29, 0.717) is 30.3 Å². The van der Waals surface area contributed by atoms with Crippen LogP contribution >= 0.6 is 11.6 Å². The predicted molar refractivity (Wildman–Crippen MR) is 133 cm³/mol. The fourth-order valence-corrected chi connectivity index (χ4v) is 4.48. The molecule has 7 nitrogen and oxygen atoms in total. The molecule has 2 heterocycles. The molecule has 0 N–H and O–H groups in total. The summed E-state index contributed by atoms with van der Waals surface area (Å²) in [7, 11) is 3.31. The van der Waals surface area contributed by atoms with Gasteiger partial charge in [0.1, 0.15) is 11.4 Å². The van der Waals surface area contributed by atoms with Crippen LogP contribution in [-0.4, -0.2) is 65.9 Å². The predicted octanol–water partition coefficient (Wildman–Crippen LogP) is 4.20. The number of fused-ring (bicyclic) bond motifs is 1. The van der Waals surface area contributed by atoms with E-state index in [9.17, 15) is 4.79 Å². The van der Waals surface area contributed by atoms with Gasteiger partial charge in [-0.2, -0.15) is 5.10 Å². The van der Waals surface area contributed by atoms with Gasteiger partial charge < -0.3 is 14.4 Å². The summed E-state index contributed by atoms with van der Waals surface area (Å²) in [5, 5.41) is 5.63. The number of ether oxygens (including phenoxy) is 2. The minimum atomic E-state index is -0.0718.